The molecule has 132 valence electrons. The molecule has 0 saturated carbocycles. The molecule has 0 aliphatic carbocycles. The third kappa shape index (κ3) is 3.99. The monoisotopic (exact) mass is 349 g/mol. The SMILES string of the molecule is CCN(Cc1ccc2c(c1)OCO2)C(=O)c1ccc(OC(F)F)cc1. The van der Waals surface area contributed by atoms with Crippen molar-refractivity contribution in [2.45, 2.75) is 20.1 Å². The maximum atomic E-state index is 12.6. The average Bonchev–Trinajstić information content (AvgIpc) is 3.07. The quantitative estimate of drug-likeness (QED) is 0.798. The Kier molecular flexibility index (Phi) is 5.02. The lowest BCUT2D eigenvalue weighted by Crippen LogP contribution is -2.30. The van der Waals surface area contributed by atoms with Gasteiger partial charge in [0.2, 0.25) is 6.79 Å². The summed E-state index contributed by atoms with van der Waals surface area (Å²) in [4.78, 5) is 14.3. The highest BCUT2D eigenvalue weighted by atomic mass is 19.3. The molecule has 2 aromatic carbocycles. The molecule has 7 heteroatoms. The van der Waals surface area contributed by atoms with Gasteiger partial charge in [0, 0.05) is 18.7 Å². The summed E-state index contributed by atoms with van der Waals surface area (Å²) in [7, 11) is 0. The molecule has 1 aliphatic rings. The largest absolute Gasteiger partial charge is 0.454 e. The van der Waals surface area contributed by atoms with Crippen LogP contribution in [0.3, 0.4) is 0 Å². The van der Waals surface area contributed by atoms with Crippen molar-refractivity contribution in [1.82, 2.24) is 4.90 Å². The zero-order valence-electron chi connectivity index (χ0n) is 13.6. The highest BCUT2D eigenvalue weighted by molar-refractivity contribution is 5.94. The number of hydrogen-bond donors (Lipinski definition) is 0. The van der Waals surface area contributed by atoms with Gasteiger partial charge in [0.25, 0.3) is 5.91 Å². The van der Waals surface area contributed by atoms with E-state index in [1.165, 1.54) is 24.3 Å². The number of alkyl halides is 2. The molecule has 1 aliphatic heterocycles. The van der Waals surface area contributed by atoms with Crippen LogP contribution in [0.2, 0.25) is 0 Å². The molecule has 25 heavy (non-hydrogen) atoms. The number of hydrogen-bond acceptors (Lipinski definition) is 4. The first kappa shape index (κ1) is 17.0. The van der Waals surface area contributed by atoms with E-state index in [0.717, 1.165) is 5.56 Å². The van der Waals surface area contributed by atoms with E-state index in [9.17, 15) is 13.6 Å². The molecule has 0 fully saturated rings. The van der Waals surface area contributed by atoms with Crippen LogP contribution in [-0.4, -0.2) is 30.8 Å². The third-order valence-electron chi connectivity index (χ3n) is 3.81. The first-order valence-corrected chi connectivity index (χ1v) is 7.79. The lowest BCUT2D eigenvalue weighted by atomic mass is 10.1. The molecule has 0 unspecified atom stereocenters. The number of nitrogens with zero attached hydrogens (tertiary/aromatic N) is 1. The van der Waals surface area contributed by atoms with Gasteiger partial charge in [-0.3, -0.25) is 4.79 Å². The van der Waals surface area contributed by atoms with E-state index < -0.39 is 6.61 Å². The topological polar surface area (TPSA) is 48.0 Å². The van der Waals surface area contributed by atoms with Crippen LogP contribution in [0.5, 0.6) is 17.2 Å². The van der Waals surface area contributed by atoms with Crippen molar-refractivity contribution in [3.8, 4) is 17.2 Å². The molecular weight excluding hydrogens is 332 g/mol. The molecule has 5 nitrogen and oxygen atoms in total. The minimum Gasteiger partial charge on any atom is -0.454 e. The Bertz CT molecular complexity index is 749. The highest BCUT2D eigenvalue weighted by Gasteiger charge is 2.18. The number of amides is 1. The van der Waals surface area contributed by atoms with Crippen molar-refractivity contribution < 1.29 is 27.8 Å². The van der Waals surface area contributed by atoms with Crippen LogP contribution in [0.25, 0.3) is 0 Å². The smallest absolute Gasteiger partial charge is 0.387 e. The third-order valence-corrected chi connectivity index (χ3v) is 3.81. The van der Waals surface area contributed by atoms with E-state index in [-0.39, 0.29) is 18.4 Å². The number of ether oxygens (including phenoxy) is 3. The molecule has 0 saturated heterocycles. The molecular formula is C18H17F2NO4. The summed E-state index contributed by atoms with van der Waals surface area (Å²) >= 11 is 0. The van der Waals surface area contributed by atoms with Gasteiger partial charge in [-0.15, -0.1) is 0 Å². The van der Waals surface area contributed by atoms with Crippen LogP contribution in [0.15, 0.2) is 42.5 Å². The molecule has 0 N–H and O–H groups in total. The molecule has 0 aromatic heterocycles. The summed E-state index contributed by atoms with van der Waals surface area (Å²) in [6.45, 7) is 0.0882. The molecule has 0 bridgehead atoms. The number of carbonyl (C=O) groups excluding carboxylic acids is 1. The van der Waals surface area contributed by atoms with Crippen LogP contribution >= 0.6 is 0 Å². The molecule has 2 aromatic rings. The molecule has 0 spiro atoms. The number of rotatable bonds is 6. The van der Waals surface area contributed by atoms with Gasteiger partial charge in [0.1, 0.15) is 5.75 Å². The highest BCUT2D eigenvalue weighted by Crippen LogP contribution is 2.32. The first-order chi connectivity index (χ1) is 12.1. The van der Waals surface area contributed by atoms with Crippen molar-refractivity contribution >= 4 is 5.91 Å². The minimum absolute atomic E-state index is 0.0189. The lowest BCUT2D eigenvalue weighted by Gasteiger charge is -2.21. The zero-order valence-corrected chi connectivity index (χ0v) is 13.6. The summed E-state index contributed by atoms with van der Waals surface area (Å²) in [6.07, 6.45) is 0. The molecule has 0 radical (unpaired) electrons. The van der Waals surface area contributed by atoms with Gasteiger partial charge in [0.15, 0.2) is 11.5 Å². The van der Waals surface area contributed by atoms with Crippen LogP contribution in [0.1, 0.15) is 22.8 Å². The zero-order chi connectivity index (χ0) is 17.8. The minimum atomic E-state index is -2.89. The van der Waals surface area contributed by atoms with E-state index in [1.807, 2.05) is 25.1 Å². The van der Waals surface area contributed by atoms with E-state index in [0.29, 0.717) is 30.2 Å². The molecule has 0 atom stereocenters. The van der Waals surface area contributed by atoms with Crippen LogP contribution < -0.4 is 14.2 Å². The fourth-order valence-corrected chi connectivity index (χ4v) is 2.55. The molecule has 1 amide bonds. The van der Waals surface area contributed by atoms with Crippen molar-refractivity contribution in [2.24, 2.45) is 0 Å². The van der Waals surface area contributed by atoms with Gasteiger partial charge in [-0.05, 0) is 48.9 Å². The van der Waals surface area contributed by atoms with Gasteiger partial charge in [-0.1, -0.05) is 6.07 Å². The number of benzene rings is 2. The summed E-state index contributed by atoms with van der Waals surface area (Å²) in [6, 6.07) is 11.2. The standard InChI is InChI=1S/C18H17F2NO4/c1-2-21(10-12-3-8-15-16(9-12)24-11-23-15)17(22)13-4-6-14(7-5-13)25-18(19)20/h3-9,18H,2,10-11H2,1H3. The summed E-state index contributed by atoms with van der Waals surface area (Å²) in [5.74, 6) is 1.18. The number of carbonyl (C=O) groups is 1. The fraction of sp³-hybridized carbons (Fsp3) is 0.278. The second-order valence-corrected chi connectivity index (χ2v) is 5.41. The predicted molar refractivity (Wildman–Crippen MR) is 86.1 cm³/mol. The van der Waals surface area contributed by atoms with Crippen molar-refractivity contribution in [3.63, 3.8) is 0 Å². The second-order valence-electron chi connectivity index (χ2n) is 5.41. The van der Waals surface area contributed by atoms with Crippen molar-refractivity contribution in [1.29, 1.82) is 0 Å². The first-order valence-electron chi connectivity index (χ1n) is 7.79. The summed E-state index contributed by atoms with van der Waals surface area (Å²) in [5, 5.41) is 0. The lowest BCUT2D eigenvalue weighted by molar-refractivity contribution is -0.0498. The van der Waals surface area contributed by atoms with Gasteiger partial charge in [0.05, 0.1) is 0 Å². The maximum absolute atomic E-state index is 12.6. The average molecular weight is 349 g/mol. The van der Waals surface area contributed by atoms with Crippen LogP contribution in [-0.2, 0) is 6.54 Å². The Morgan fingerprint density at radius 2 is 1.88 bits per heavy atom. The van der Waals surface area contributed by atoms with Crippen molar-refractivity contribution in [2.75, 3.05) is 13.3 Å². The van der Waals surface area contributed by atoms with Crippen molar-refractivity contribution in [3.05, 3.63) is 53.6 Å². The Labute approximate surface area is 143 Å². The summed E-state index contributed by atoms with van der Waals surface area (Å²) in [5.41, 5.74) is 1.32. The van der Waals surface area contributed by atoms with Gasteiger partial charge in [-0.25, -0.2) is 0 Å². The predicted octanol–water partition coefficient (Wildman–Crippen LogP) is 3.68. The van der Waals surface area contributed by atoms with E-state index in [1.54, 1.807) is 4.90 Å². The molecule has 3 rings (SSSR count). The van der Waals surface area contributed by atoms with E-state index >= 15 is 0 Å². The Balaban J connectivity index is 1.70. The van der Waals surface area contributed by atoms with Gasteiger partial charge in [-0.2, -0.15) is 8.78 Å². The number of fused-ring (bicyclic) bond motifs is 1. The molecule has 1 heterocycles. The van der Waals surface area contributed by atoms with Gasteiger partial charge < -0.3 is 19.1 Å². The van der Waals surface area contributed by atoms with Crippen LogP contribution in [0, 0.1) is 0 Å². The fourth-order valence-electron chi connectivity index (χ4n) is 2.55. The van der Waals surface area contributed by atoms with E-state index in [4.69, 9.17) is 9.47 Å². The Hall–Kier alpha value is -2.83. The second kappa shape index (κ2) is 7.38. The number of halogens is 2. The Morgan fingerprint density at radius 3 is 2.56 bits per heavy atom. The maximum Gasteiger partial charge on any atom is 0.387 e. The van der Waals surface area contributed by atoms with Crippen LogP contribution in [0.4, 0.5) is 8.78 Å². The Morgan fingerprint density at radius 1 is 1.16 bits per heavy atom. The van der Waals surface area contributed by atoms with E-state index in [2.05, 4.69) is 4.74 Å². The normalized spacial score (nSPS) is 12.3. The van der Waals surface area contributed by atoms with Gasteiger partial charge >= 0.3 is 6.61 Å². The summed E-state index contributed by atoms with van der Waals surface area (Å²) < 4.78 is 39.3.